The largest absolute Gasteiger partial charge is 0.396 e. The SMILES string of the molecule is O=Cc1ccc(SCCCO)cc1Cl. The molecule has 0 aromatic heterocycles. The Morgan fingerprint density at radius 1 is 1.50 bits per heavy atom. The van der Waals surface area contributed by atoms with Crippen LogP contribution in [0.15, 0.2) is 23.1 Å². The fraction of sp³-hybridized carbons (Fsp3) is 0.300. The van der Waals surface area contributed by atoms with E-state index >= 15 is 0 Å². The first-order valence-corrected chi connectivity index (χ1v) is 5.62. The molecule has 0 saturated heterocycles. The quantitative estimate of drug-likeness (QED) is 0.480. The summed E-state index contributed by atoms with van der Waals surface area (Å²) in [6.07, 6.45) is 1.50. The number of thioether (sulfide) groups is 1. The Bertz CT molecular complexity index is 315. The van der Waals surface area contributed by atoms with Crippen LogP contribution in [-0.2, 0) is 0 Å². The average molecular weight is 231 g/mol. The number of halogens is 1. The molecular formula is C10H11ClO2S. The molecule has 1 N–H and O–H groups in total. The van der Waals surface area contributed by atoms with Gasteiger partial charge in [0.2, 0.25) is 0 Å². The molecule has 1 aromatic carbocycles. The first-order chi connectivity index (χ1) is 6.77. The Labute approximate surface area is 92.3 Å². The van der Waals surface area contributed by atoms with Crippen molar-refractivity contribution in [3.63, 3.8) is 0 Å². The summed E-state index contributed by atoms with van der Waals surface area (Å²) in [7, 11) is 0. The second-order valence-electron chi connectivity index (χ2n) is 2.73. The summed E-state index contributed by atoms with van der Waals surface area (Å²) in [6.45, 7) is 0.202. The normalized spacial score (nSPS) is 10.1. The van der Waals surface area contributed by atoms with Gasteiger partial charge in [-0.2, -0.15) is 0 Å². The van der Waals surface area contributed by atoms with Gasteiger partial charge in [-0.25, -0.2) is 0 Å². The smallest absolute Gasteiger partial charge is 0.151 e. The van der Waals surface area contributed by atoms with E-state index in [4.69, 9.17) is 16.7 Å². The monoisotopic (exact) mass is 230 g/mol. The molecule has 0 amide bonds. The van der Waals surface area contributed by atoms with Gasteiger partial charge in [-0.3, -0.25) is 4.79 Å². The predicted molar refractivity (Wildman–Crippen MR) is 59.3 cm³/mol. The number of carbonyl (C=O) groups excluding carboxylic acids is 1. The maximum absolute atomic E-state index is 10.5. The second kappa shape index (κ2) is 6.06. The molecule has 0 fully saturated rings. The van der Waals surface area contributed by atoms with Crippen LogP contribution >= 0.6 is 23.4 Å². The standard InChI is InChI=1S/C10H11ClO2S/c11-10-6-9(14-5-1-4-12)3-2-8(10)7-13/h2-3,6-7,12H,1,4-5H2. The number of benzene rings is 1. The first-order valence-electron chi connectivity index (χ1n) is 4.26. The zero-order chi connectivity index (χ0) is 10.4. The van der Waals surface area contributed by atoms with E-state index in [0.717, 1.165) is 23.4 Å². The van der Waals surface area contributed by atoms with Crippen LogP contribution in [0.5, 0.6) is 0 Å². The molecule has 2 nitrogen and oxygen atoms in total. The molecule has 0 unspecified atom stereocenters. The van der Waals surface area contributed by atoms with Crippen LogP contribution in [0.1, 0.15) is 16.8 Å². The highest BCUT2D eigenvalue weighted by Crippen LogP contribution is 2.24. The predicted octanol–water partition coefficient (Wildman–Crippen LogP) is 2.63. The third kappa shape index (κ3) is 3.33. The Kier molecular flexibility index (Phi) is 5.01. The van der Waals surface area contributed by atoms with Crippen LogP contribution < -0.4 is 0 Å². The van der Waals surface area contributed by atoms with Gasteiger partial charge in [0.1, 0.15) is 0 Å². The summed E-state index contributed by atoms with van der Waals surface area (Å²) >= 11 is 7.47. The van der Waals surface area contributed by atoms with Crippen molar-refractivity contribution in [3.8, 4) is 0 Å². The number of rotatable bonds is 5. The highest BCUT2D eigenvalue weighted by molar-refractivity contribution is 7.99. The Balaban J connectivity index is 2.62. The molecule has 0 radical (unpaired) electrons. The minimum atomic E-state index is 0.202. The van der Waals surface area contributed by atoms with Crippen LogP contribution in [0.25, 0.3) is 0 Å². The van der Waals surface area contributed by atoms with Gasteiger partial charge in [-0.1, -0.05) is 11.6 Å². The zero-order valence-corrected chi connectivity index (χ0v) is 9.14. The van der Waals surface area contributed by atoms with Gasteiger partial charge < -0.3 is 5.11 Å². The summed E-state index contributed by atoms with van der Waals surface area (Å²) < 4.78 is 0. The van der Waals surface area contributed by atoms with Crippen molar-refractivity contribution >= 4 is 29.6 Å². The molecule has 0 aliphatic heterocycles. The van der Waals surface area contributed by atoms with E-state index in [0.29, 0.717) is 10.6 Å². The van der Waals surface area contributed by atoms with E-state index in [1.54, 1.807) is 23.9 Å². The molecule has 0 spiro atoms. The minimum absolute atomic E-state index is 0.202. The maximum atomic E-state index is 10.5. The molecule has 1 aromatic rings. The lowest BCUT2D eigenvalue weighted by Gasteiger charge is -2.02. The summed E-state index contributed by atoms with van der Waals surface area (Å²) in [6, 6.07) is 5.33. The number of hydrogen-bond acceptors (Lipinski definition) is 3. The van der Waals surface area contributed by atoms with Crippen molar-refractivity contribution in [2.24, 2.45) is 0 Å². The lowest BCUT2D eigenvalue weighted by molar-refractivity contribution is 0.112. The van der Waals surface area contributed by atoms with Crippen molar-refractivity contribution in [2.75, 3.05) is 12.4 Å². The van der Waals surface area contributed by atoms with Gasteiger partial charge in [0.25, 0.3) is 0 Å². The van der Waals surface area contributed by atoms with Gasteiger partial charge in [0, 0.05) is 22.8 Å². The minimum Gasteiger partial charge on any atom is -0.396 e. The summed E-state index contributed by atoms with van der Waals surface area (Å²) in [5.74, 6) is 0.854. The fourth-order valence-electron chi connectivity index (χ4n) is 0.948. The molecule has 4 heteroatoms. The van der Waals surface area contributed by atoms with Crippen molar-refractivity contribution in [2.45, 2.75) is 11.3 Å². The molecule has 0 aliphatic rings. The number of aliphatic hydroxyl groups is 1. The van der Waals surface area contributed by atoms with Gasteiger partial charge in [-0.05, 0) is 24.6 Å². The van der Waals surface area contributed by atoms with Crippen LogP contribution in [0, 0.1) is 0 Å². The van der Waals surface area contributed by atoms with Crippen LogP contribution in [0.4, 0.5) is 0 Å². The van der Waals surface area contributed by atoms with Gasteiger partial charge >= 0.3 is 0 Å². The number of hydrogen-bond donors (Lipinski definition) is 1. The molecule has 14 heavy (non-hydrogen) atoms. The fourth-order valence-corrected chi connectivity index (χ4v) is 2.11. The van der Waals surface area contributed by atoms with Crippen molar-refractivity contribution in [1.82, 2.24) is 0 Å². The lowest BCUT2D eigenvalue weighted by atomic mass is 10.2. The van der Waals surface area contributed by atoms with Crippen LogP contribution in [0.3, 0.4) is 0 Å². The first kappa shape index (κ1) is 11.6. The molecule has 0 saturated carbocycles. The highest BCUT2D eigenvalue weighted by atomic mass is 35.5. The summed E-state index contributed by atoms with van der Waals surface area (Å²) in [5.41, 5.74) is 0.512. The van der Waals surface area contributed by atoms with E-state index < -0.39 is 0 Å². The second-order valence-corrected chi connectivity index (χ2v) is 4.30. The Hall–Kier alpha value is -0.510. The van der Waals surface area contributed by atoms with Crippen LogP contribution in [-0.4, -0.2) is 23.8 Å². The third-order valence-corrected chi connectivity index (χ3v) is 3.08. The van der Waals surface area contributed by atoms with Crippen molar-refractivity contribution in [3.05, 3.63) is 28.8 Å². The molecule has 0 atom stereocenters. The Morgan fingerprint density at radius 2 is 2.29 bits per heavy atom. The van der Waals surface area contributed by atoms with E-state index in [-0.39, 0.29) is 6.61 Å². The molecule has 1 rings (SSSR count). The molecule has 0 bridgehead atoms. The van der Waals surface area contributed by atoms with E-state index in [9.17, 15) is 4.79 Å². The van der Waals surface area contributed by atoms with E-state index in [2.05, 4.69) is 0 Å². The third-order valence-electron chi connectivity index (χ3n) is 1.67. The van der Waals surface area contributed by atoms with Crippen molar-refractivity contribution < 1.29 is 9.90 Å². The summed E-state index contributed by atoms with van der Waals surface area (Å²) in [5, 5.41) is 9.08. The number of aldehydes is 1. The number of carbonyl (C=O) groups is 1. The van der Waals surface area contributed by atoms with Crippen LogP contribution in [0.2, 0.25) is 5.02 Å². The molecule has 0 heterocycles. The van der Waals surface area contributed by atoms with E-state index in [1.165, 1.54) is 0 Å². The van der Waals surface area contributed by atoms with Gasteiger partial charge in [0.15, 0.2) is 6.29 Å². The molecule has 76 valence electrons. The highest BCUT2D eigenvalue weighted by Gasteiger charge is 2.00. The molecule has 0 aliphatic carbocycles. The zero-order valence-electron chi connectivity index (χ0n) is 7.57. The van der Waals surface area contributed by atoms with E-state index in [1.807, 2.05) is 6.07 Å². The molecular weight excluding hydrogens is 220 g/mol. The lowest BCUT2D eigenvalue weighted by Crippen LogP contribution is -1.86. The topological polar surface area (TPSA) is 37.3 Å². The number of aliphatic hydroxyl groups excluding tert-OH is 1. The summed E-state index contributed by atoms with van der Waals surface area (Å²) in [4.78, 5) is 11.5. The maximum Gasteiger partial charge on any atom is 0.151 e. The van der Waals surface area contributed by atoms with Crippen molar-refractivity contribution in [1.29, 1.82) is 0 Å². The Morgan fingerprint density at radius 3 is 2.86 bits per heavy atom. The average Bonchev–Trinajstić information content (AvgIpc) is 2.18. The van der Waals surface area contributed by atoms with Gasteiger partial charge in [-0.15, -0.1) is 11.8 Å². The van der Waals surface area contributed by atoms with Gasteiger partial charge in [0.05, 0.1) is 5.02 Å².